The molecule has 0 radical (unpaired) electrons. The number of nitrogens with zero attached hydrogens (tertiary/aromatic N) is 2. The summed E-state index contributed by atoms with van der Waals surface area (Å²) in [6.45, 7) is 6.24. The molecular formula is C34H39F3N4O2. The molecule has 2 aliphatic carbocycles. The fourth-order valence-corrected chi connectivity index (χ4v) is 6.96. The fraction of sp³-hybridized carbons (Fsp3) is 0.441. The molecule has 2 aromatic carbocycles. The van der Waals surface area contributed by atoms with Gasteiger partial charge in [0.25, 0.3) is 0 Å². The van der Waals surface area contributed by atoms with Gasteiger partial charge in [-0.05, 0) is 72.8 Å². The molecule has 4 aliphatic rings. The van der Waals surface area contributed by atoms with Gasteiger partial charge in [-0.15, -0.1) is 0 Å². The Morgan fingerprint density at radius 1 is 0.977 bits per heavy atom. The summed E-state index contributed by atoms with van der Waals surface area (Å²) < 4.78 is 44.9. The van der Waals surface area contributed by atoms with Crippen molar-refractivity contribution >= 4 is 5.91 Å². The van der Waals surface area contributed by atoms with Gasteiger partial charge in [0, 0.05) is 36.9 Å². The Balaban J connectivity index is 0.881. The van der Waals surface area contributed by atoms with Gasteiger partial charge in [0.1, 0.15) is 12.4 Å². The topological polar surface area (TPSA) is 56.8 Å². The van der Waals surface area contributed by atoms with Crippen molar-refractivity contribution in [3.05, 3.63) is 102 Å². The van der Waals surface area contributed by atoms with Crippen molar-refractivity contribution < 1.29 is 22.7 Å². The van der Waals surface area contributed by atoms with Crippen molar-refractivity contribution in [1.29, 1.82) is 0 Å². The average molecular weight is 593 g/mol. The number of ether oxygens (including phenoxy) is 1. The minimum atomic E-state index is -4.37. The lowest BCUT2D eigenvalue weighted by Crippen LogP contribution is -2.42. The molecule has 2 N–H and O–H groups in total. The van der Waals surface area contributed by atoms with E-state index < -0.39 is 11.7 Å². The summed E-state index contributed by atoms with van der Waals surface area (Å²) in [5, 5.41) is 4.25. The predicted octanol–water partition coefficient (Wildman–Crippen LogP) is 5.92. The Kier molecular flexibility index (Phi) is 8.52. The standard InChI is InChI=1S/C34H39F3N4O2/c1-23(39-41-17-5-8-27(19-41)34(35,36)37)18-38-33(42)32-30-20-40(21-31(30)32)28-13-9-25(10-14-28)26-11-15-29(16-12-26)43-22-24-6-3-2-4-7-24/h2-8,11-12,15-17,25,28,30-32,39H,1,9-10,13-14,18-22H2,(H,38,42)/t25?,28?,30-,31?,32?/m0/s1. The molecular weight excluding hydrogens is 553 g/mol. The molecule has 2 aromatic rings. The van der Waals surface area contributed by atoms with E-state index in [0.717, 1.165) is 30.5 Å². The number of allylic oxidation sites excluding steroid dienone is 2. The minimum absolute atomic E-state index is 0.0163. The highest BCUT2D eigenvalue weighted by Crippen LogP contribution is 2.53. The fourth-order valence-electron chi connectivity index (χ4n) is 6.96. The molecule has 43 heavy (non-hydrogen) atoms. The number of piperidine rings is 1. The number of benzene rings is 2. The largest absolute Gasteiger partial charge is 0.489 e. The summed E-state index contributed by atoms with van der Waals surface area (Å²) in [5.74, 6) is 2.31. The SMILES string of the molecule is C=C(CNC(=O)C1C2CN(C3CCC(c4ccc(OCc5ccccc5)cc4)CC3)C[C@@H]21)NN1C=CC=C(C(F)(F)F)C1. The number of alkyl halides is 3. The molecule has 6 nitrogen and oxygen atoms in total. The summed E-state index contributed by atoms with van der Waals surface area (Å²) in [6, 6.07) is 19.4. The summed E-state index contributed by atoms with van der Waals surface area (Å²) >= 11 is 0. The van der Waals surface area contributed by atoms with E-state index in [1.807, 2.05) is 18.2 Å². The molecule has 2 unspecified atom stereocenters. The third-order valence-electron chi connectivity index (χ3n) is 9.38. The highest BCUT2D eigenvalue weighted by molar-refractivity contribution is 5.82. The van der Waals surface area contributed by atoms with Crippen LogP contribution in [0.4, 0.5) is 13.2 Å². The quantitative estimate of drug-likeness (QED) is 0.359. The van der Waals surface area contributed by atoms with E-state index in [-0.39, 0.29) is 24.9 Å². The summed E-state index contributed by atoms with van der Waals surface area (Å²) in [7, 11) is 0. The van der Waals surface area contributed by atoms with Gasteiger partial charge in [-0.3, -0.25) is 14.7 Å². The number of carbonyl (C=O) groups is 1. The number of hydrazine groups is 1. The first-order valence-electron chi connectivity index (χ1n) is 15.2. The zero-order valence-corrected chi connectivity index (χ0v) is 24.2. The maximum absolute atomic E-state index is 13.0. The van der Waals surface area contributed by atoms with Crippen LogP contribution in [0.5, 0.6) is 5.75 Å². The molecule has 2 saturated carbocycles. The molecule has 0 bridgehead atoms. The van der Waals surface area contributed by atoms with Crippen LogP contribution in [0.15, 0.2) is 90.8 Å². The van der Waals surface area contributed by atoms with Crippen LogP contribution in [0, 0.1) is 17.8 Å². The van der Waals surface area contributed by atoms with E-state index in [4.69, 9.17) is 4.74 Å². The van der Waals surface area contributed by atoms with Crippen molar-refractivity contribution in [1.82, 2.24) is 20.7 Å². The number of fused-ring (bicyclic) bond motifs is 1. The Morgan fingerprint density at radius 3 is 2.35 bits per heavy atom. The van der Waals surface area contributed by atoms with Gasteiger partial charge in [-0.1, -0.05) is 55.1 Å². The molecule has 6 rings (SSSR count). The third kappa shape index (κ3) is 7.09. The van der Waals surface area contributed by atoms with Crippen LogP contribution in [-0.2, 0) is 11.4 Å². The normalized spacial score (nSPS) is 26.8. The Labute approximate surface area is 251 Å². The van der Waals surface area contributed by atoms with Crippen LogP contribution >= 0.6 is 0 Å². The van der Waals surface area contributed by atoms with E-state index in [9.17, 15) is 18.0 Å². The van der Waals surface area contributed by atoms with E-state index in [1.165, 1.54) is 48.5 Å². The van der Waals surface area contributed by atoms with E-state index >= 15 is 0 Å². The van der Waals surface area contributed by atoms with Gasteiger partial charge < -0.3 is 15.5 Å². The second kappa shape index (κ2) is 12.5. The molecule has 3 fully saturated rings. The molecule has 2 heterocycles. The number of likely N-dealkylation sites (tertiary alicyclic amines) is 1. The molecule has 1 saturated heterocycles. The van der Waals surface area contributed by atoms with E-state index in [2.05, 4.69) is 58.6 Å². The van der Waals surface area contributed by atoms with Crippen molar-refractivity contribution in [3.8, 4) is 5.75 Å². The van der Waals surface area contributed by atoms with E-state index in [0.29, 0.717) is 36.1 Å². The van der Waals surface area contributed by atoms with E-state index in [1.54, 1.807) is 0 Å². The molecule has 2 aliphatic heterocycles. The summed E-state index contributed by atoms with van der Waals surface area (Å²) in [6.07, 6.45) is 4.25. The second-order valence-electron chi connectivity index (χ2n) is 12.2. The molecule has 1 amide bonds. The molecule has 0 aromatic heterocycles. The number of hydrogen-bond donors (Lipinski definition) is 2. The minimum Gasteiger partial charge on any atom is -0.489 e. The Bertz CT molecular complexity index is 1340. The maximum atomic E-state index is 13.0. The molecule has 0 spiro atoms. The number of rotatable bonds is 10. The van der Waals surface area contributed by atoms with Crippen LogP contribution in [0.1, 0.15) is 42.7 Å². The van der Waals surface area contributed by atoms with Crippen LogP contribution in [0.2, 0.25) is 0 Å². The highest BCUT2D eigenvalue weighted by Gasteiger charge is 2.60. The predicted molar refractivity (Wildman–Crippen MR) is 160 cm³/mol. The first-order chi connectivity index (χ1) is 20.7. The zero-order chi connectivity index (χ0) is 30.0. The number of halogens is 3. The summed E-state index contributed by atoms with van der Waals surface area (Å²) in [4.78, 5) is 15.4. The van der Waals surface area contributed by atoms with Crippen LogP contribution in [-0.4, -0.2) is 54.2 Å². The van der Waals surface area contributed by atoms with Gasteiger partial charge in [0.2, 0.25) is 5.91 Å². The van der Waals surface area contributed by atoms with Crippen molar-refractivity contribution in [2.75, 3.05) is 26.2 Å². The second-order valence-corrected chi connectivity index (χ2v) is 12.2. The van der Waals surface area contributed by atoms with Gasteiger partial charge in [0.15, 0.2) is 0 Å². The zero-order valence-electron chi connectivity index (χ0n) is 24.2. The average Bonchev–Trinajstić information content (AvgIpc) is 3.52. The van der Waals surface area contributed by atoms with Crippen molar-refractivity contribution in [2.24, 2.45) is 17.8 Å². The van der Waals surface area contributed by atoms with Crippen LogP contribution in [0.25, 0.3) is 0 Å². The van der Waals surface area contributed by atoms with Crippen LogP contribution < -0.4 is 15.5 Å². The van der Waals surface area contributed by atoms with Gasteiger partial charge in [-0.25, -0.2) is 0 Å². The first-order valence-corrected chi connectivity index (χ1v) is 15.2. The lowest BCUT2D eigenvalue weighted by atomic mass is 9.81. The van der Waals surface area contributed by atoms with Crippen molar-refractivity contribution in [3.63, 3.8) is 0 Å². The third-order valence-corrected chi connectivity index (χ3v) is 9.38. The lowest BCUT2D eigenvalue weighted by molar-refractivity contribution is -0.123. The number of amides is 1. The first kappa shape index (κ1) is 29.4. The van der Waals surface area contributed by atoms with Crippen LogP contribution in [0.3, 0.4) is 0 Å². The molecule has 9 heteroatoms. The monoisotopic (exact) mass is 592 g/mol. The number of carbonyl (C=O) groups excluding carboxylic acids is 1. The Hall–Kier alpha value is -3.72. The molecule has 228 valence electrons. The summed E-state index contributed by atoms with van der Waals surface area (Å²) in [5.41, 5.74) is 5.20. The maximum Gasteiger partial charge on any atom is 0.414 e. The van der Waals surface area contributed by atoms with Gasteiger partial charge in [-0.2, -0.15) is 13.2 Å². The molecule has 3 atom stereocenters. The Morgan fingerprint density at radius 2 is 1.67 bits per heavy atom. The van der Waals surface area contributed by atoms with Crippen molar-refractivity contribution in [2.45, 2.75) is 50.4 Å². The number of hydrogen-bond acceptors (Lipinski definition) is 5. The van der Waals surface area contributed by atoms with Gasteiger partial charge in [0.05, 0.1) is 18.7 Å². The lowest BCUT2D eigenvalue weighted by Gasteiger charge is -2.36. The van der Waals surface area contributed by atoms with Gasteiger partial charge >= 0.3 is 6.18 Å². The number of nitrogens with one attached hydrogen (secondary N) is 2. The smallest absolute Gasteiger partial charge is 0.414 e. The highest BCUT2D eigenvalue weighted by atomic mass is 19.4.